The largest absolute Gasteiger partial charge is 0.497 e. The van der Waals surface area contributed by atoms with Crippen LogP contribution in [-0.2, 0) is 9.15 Å². The summed E-state index contributed by atoms with van der Waals surface area (Å²) >= 11 is 0. The first-order valence-corrected chi connectivity index (χ1v) is 14.2. The van der Waals surface area contributed by atoms with E-state index in [1.807, 2.05) is 48.5 Å². The Labute approximate surface area is 206 Å². The lowest BCUT2D eigenvalue weighted by Crippen LogP contribution is -2.29. The molecular formula is C24H35NO7S2. The van der Waals surface area contributed by atoms with Crippen molar-refractivity contribution in [3.05, 3.63) is 48.5 Å². The average molecular weight is 514 g/mol. The minimum atomic E-state index is -4.02. The minimum Gasteiger partial charge on any atom is -0.497 e. The van der Waals surface area contributed by atoms with E-state index in [1.165, 1.54) is 0 Å². The van der Waals surface area contributed by atoms with Crippen molar-refractivity contribution < 1.29 is 31.9 Å². The van der Waals surface area contributed by atoms with Crippen LogP contribution in [0.15, 0.2) is 48.5 Å². The molecule has 8 nitrogen and oxygen atoms in total. The SMILES string of the molecule is COc1ccc(OCCCCN(CCCCOc2ccc(OC)cc2)CCSS(=O)(=O)O)cc1. The Bertz CT molecular complexity index is 848. The molecule has 2 aromatic rings. The van der Waals surface area contributed by atoms with Crippen LogP contribution in [0, 0.1) is 0 Å². The molecule has 0 fully saturated rings. The molecule has 0 spiro atoms. The molecule has 0 aliphatic rings. The molecule has 2 rings (SSSR count). The molecule has 0 saturated carbocycles. The van der Waals surface area contributed by atoms with Crippen LogP contribution < -0.4 is 18.9 Å². The van der Waals surface area contributed by atoms with Gasteiger partial charge < -0.3 is 23.8 Å². The molecule has 0 aromatic heterocycles. The molecule has 1 N–H and O–H groups in total. The fraction of sp³-hybridized carbons (Fsp3) is 0.500. The zero-order valence-electron chi connectivity index (χ0n) is 19.9. The molecule has 2 aromatic carbocycles. The molecule has 0 aliphatic carbocycles. The summed E-state index contributed by atoms with van der Waals surface area (Å²) in [5.74, 6) is 3.52. The average Bonchev–Trinajstić information content (AvgIpc) is 2.83. The number of hydrogen-bond acceptors (Lipinski definition) is 8. The number of ether oxygens (including phenoxy) is 4. The predicted octanol–water partition coefficient (Wildman–Crippen LogP) is 4.56. The monoisotopic (exact) mass is 513 g/mol. The second-order valence-electron chi connectivity index (χ2n) is 7.55. The second-order valence-corrected chi connectivity index (χ2v) is 11.0. The summed E-state index contributed by atoms with van der Waals surface area (Å²) in [6.45, 7) is 3.46. The number of nitrogens with zero attached hydrogens (tertiary/aromatic N) is 1. The summed E-state index contributed by atoms with van der Waals surface area (Å²) in [6, 6.07) is 15.0. The van der Waals surface area contributed by atoms with Gasteiger partial charge in [0.15, 0.2) is 0 Å². The van der Waals surface area contributed by atoms with Crippen molar-refractivity contribution in [2.75, 3.05) is 52.8 Å². The van der Waals surface area contributed by atoms with Crippen molar-refractivity contribution in [3.63, 3.8) is 0 Å². The number of benzene rings is 2. The first kappa shape index (κ1) is 28.1. The first-order valence-electron chi connectivity index (χ1n) is 11.3. The third-order valence-electron chi connectivity index (χ3n) is 5.03. The standard InChI is InChI=1S/C24H35NO7S2/c1-29-21-7-11-23(12-8-21)31-18-5-3-15-25(17-20-33-34(26,27)28)16-4-6-19-32-24-13-9-22(30-2)10-14-24/h7-14H,3-6,15-20H2,1-2H3,(H,26,27,28). The van der Waals surface area contributed by atoms with Gasteiger partial charge in [0.25, 0.3) is 0 Å². The van der Waals surface area contributed by atoms with Crippen molar-refractivity contribution in [1.82, 2.24) is 4.90 Å². The summed E-state index contributed by atoms with van der Waals surface area (Å²) in [6.07, 6.45) is 3.62. The van der Waals surface area contributed by atoms with Gasteiger partial charge in [0.1, 0.15) is 23.0 Å². The Balaban J connectivity index is 1.66. The van der Waals surface area contributed by atoms with E-state index in [-0.39, 0.29) is 0 Å². The smallest absolute Gasteiger partial charge is 0.319 e. The molecule has 0 aliphatic heterocycles. The Kier molecular flexibility index (Phi) is 13.0. The van der Waals surface area contributed by atoms with E-state index in [0.29, 0.717) is 36.3 Å². The van der Waals surface area contributed by atoms with Gasteiger partial charge in [0.2, 0.25) is 0 Å². The van der Waals surface area contributed by atoms with E-state index in [0.717, 1.165) is 61.8 Å². The quantitative estimate of drug-likeness (QED) is 0.175. The number of unbranched alkanes of at least 4 members (excludes halogenated alkanes) is 2. The predicted molar refractivity (Wildman–Crippen MR) is 136 cm³/mol. The Morgan fingerprint density at radius 1 is 0.706 bits per heavy atom. The Morgan fingerprint density at radius 2 is 1.12 bits per heavy atom. The van der Waals surface area contributed by atoms with Crippen molar-refractivity contribution in [2.45, 2.75) is 25.7 Å². The van der Waals surface area contributed by atoms with Gasteiger partial charge in [-0.15, -0.1) is 0 Å². The lowest BCUT2D eigenvalue weighted by molar-refractivity contribution is 0.244. The van der Waals surface area contributed by atoms with E-state index >= 15 is 0 Å². The number of methoxy groups -OCH3 is 2. The van der Waals surface area contributed by atoms with E-state index < -0.39 is 9.15 Å². The normalized spacial score (nSPS) is 11.4. The Morgan fingerprint density at radius 3 is 1.50 bits per heavy atom. The molecular weight excluding hydrogens is 478 g/mol. The van der Waals surface area contributed by atoms with Crippen LogP contribution in [-0.4, -0.2) is 70.7 Å². The van der Waals surface area contributed by atoms with Crippen LogP contribution in [0.3, 0.4) is 0 Å². The summed E-state index contributed by atoms with van der Waals surface area (Å²) < 4.78 is 52.8. The van der Waals surface area contributed by atoms with Gasteiger partial charge in [0, 0.05) is 12.3 Å². The van der Waals surface area contributed by atoms with E-state index in [4.69, 9.17) is 23.5 Å². The van der Waals surface area contributed by atoms with Gasteiger partial charge in [-0.05, 0) is 98.1 Å². The van der Waals surface area contributed by atoms with Gasteiger partial charge in [-0.3, -0.25) is 4.55 Å². The maximum atomic E-state index is 11.0. The van der Waals surface area contributed by atoms with Gasteiger partial charge >= 0.3 is 9.15 Å². The molecule has 0 atom stereocenters. The summed E-state index contributed by atoms with van der Waals surface area (Å²) in [4.78, 5) is 2.22. The number of hydrogen-bond donors (Lipinski definition) is 1. The lowest BCUT2D eigenvalue weighted by Gasteiger charge is -2.22. The van der Waals surface area contributed by atoms with Gasteiger partial charge in [-0.25, -0.2) is 0 Å². The second kappa shape index (κ2) is 15.7. The first-order chi connectivity index (χ1) is 16.4. The molecule has 0 radical (unpaired) electrons. The fourth-order valence-electron chi connectivity index (χ4n) is 3.21. The molecule has 0 unspecified atom stereocenters. The topological polar surface area (TPSA) is 94.5 Å². The highest BCUT2D eigenvalue weighted by atomic mass is 33.1. The maximum Gasteiger partial charge on any atom is 0.319 e. The molecule has 10 heteroatoms. The van der Waals surface area contributed by atoms with Crippen molar-refractivity contribution in [2.24, 2.45) is 0 Å². The van der Waals surface area contributed by atoms with Gasteiger partial charge in [-0.2, -0.15) is 8.42 Å². The van der Waals surface area contributed by atoms with E-state index in [1.54, 1.807) is 14.2 Å². The van der Waals surface area contributed by atoms with Crippen LogP contribution in [0.2, 0.25) is 0 Å². The maximum absolute atomic E-state index is 11.0. The van der Waals surface area contributed by atoms with Crippen molar-refractivity contribution >= 4 is 19.9 Å². The van der Waals surface area contributed by atoms with Gasteiger partial charge in [0.05, 0.1) is 27.4 Å². The van der Waals surface area contributed by atoms with Crippen LogP contribution in [0.5, 0.6) is 23.0 Å². The zero-order valence-corrected chi connectivity index (χ0v) is 21.5. The highest BCUT2D eigenvalue weighted by Crippen LogP contribution is 2.18. The molecule has 34 heavy (non-hydrogen) atoms. The lowest BCUT2D eigenvalue weighted by atomic mass is 10.2. The highest BCUT2D eigenvalue weighted by Gasteiger charge is 2.10. The summed E-state index contributed by atoms with van der Waals surface area (Å²) in [5, 5.41) is 0. The zero-order chi connectivity index (χ0) is 24.7. The van der Waals surface area contributed by atoms with Gasteiger partial charge in [-0.1, -0.05) is 0 Å². The van der Waals surface area contributed by atoms with Crippen LogP contribution in [0.25, 0.3) is 0 Å². The van der Waals surface area contributed by atoms with E-state index in [2.05, 4.69) is 4.90 Å². The molecule has 0 amide bonds. The molecule has 0 saturated heterocycles. The van der Waals surface area contributed by atoms with E-state index in [9.17, 15) is 8.42 Å². The summed E-state index contributed by atoms with van der Waals surface area (Å²) in [5.41, 5.74) is 0. The molecule has 0 heterocycles. The van der Waals surface area contributed by atoms with Crippen molar-refractivity contribution in [3.8, 4) is 23.0 Å². The fourth-order valence-corrected chi connectivity index (χ4v) is 4.60. The van der Waals surface area contributed by atoms with Crippen LogP contribution >= 0.6 is 10.8 Å². The Hall–Kier alpha value is -2.14. The molecule has 190 valence electrons. The van der Waals surface area contributed by atoms with Crippen LogP contribution in [0.1, 0.15) is 25.7 Å². The minimum absolute atomic E-state index is 0.323. The third-order valence-corrected chi connectivity index (χ3v) is 7.07. The van der Waals surface area contributed by atoms with Crippen molar-refractivity contribution in [1.29, 1.82) is 0 Å². The molecule has 0 bridgehead atoms. The summed E-state index contributed by atoms with van der Waals surface area (Å²) in [7, 11) is -0.193. The number of rotatable bonds is 18. The highest BCUT2D eigenvalue weighted by molar-refractivity contribution is 8.69. The third kappa shape index (κ3) is 12.4. The van der Waals surface area contributed by atoms with Crippen LogP contribution in [0.4, 0.5) is 0 Å².